The van der Waals surface area contributed by atoms with Gasteiger partial charge in [0.2, 0.25) is 0 Å². The summed E-state index contributed by atoms with van der Waals surface area (Å²) in [6.07, 6.45) is 0.434. The number of hydrogen-bond acceptors (Lipinski definition) is 7. The molecule has 38 heavy (non-hydrogen) atoms. The first-order chi connectivity index (χ1) is 18.0. The van der Waals surface area contributed by atoms with Crippen LogP contribution in [0.4, 0.5) is 13.6 Å². The van der Waals surface area contributed by atoms with Gasteiger partial charge in [0.25, 0.3) is 0 Å². The highest BCUT2D eigenvalue weighted by Crippen LogP contribution is 2.35. The van der Waals surface area contributed by atoms with Gasteiger partial charge in [-0.15, -0.1) is 5.84 Å². The SMILES string of the molecule is COc1ccc(CCN2C(=O)[N+](N)(OS(=O)(=O)c3ccc(C)cc3)CC2c2ccc(OC(F)F)cc2)cc1. The van der Waals surface area contributed by atoms with Crippen LogP contribution in [0.2, 0.25) is 0 Å². The molecule has 2 unspecified atom stereocenters. The summed E-state index contributed by atoms with van der Waals surface area (Å²) in [5.74, 6) is 6.91. The van der Waals surface area contributed by atoms with Crippen molar-refractivity contribution in [1.82, 2.24) is 4.90 Å². The van der Waals surface area contributed by atoms with Gasteiger partial charge in [-0.25, -0.2) is 4.79 Å². The molecule has 3 aromatic carbocycles. The Morgan fingerprint density at radius 3 is 2.18 bits per heavy atom. The summed E-state index contributed by atoms with van der Waals surface area (Å²) in [6, 6.07) is 17.6. The molecule has 3 aromatic rings. The van der Waals surface area contributed by atoms with Crippen molar-refractivity contribution in [2.75, 3.05) is 20.2 Å². The van der Waals surface area contributed by atoms with Gasteiger partial charge in [0.1, 0.15) is 17.5 Å². The molecule has 0 aliphatic carbocycles. The van der Waals surface area contributed by atoms with Gasteiger partial charge >= 0.3 is 22.8 Å². The smallest absolute Gasteiger partial charge is 0.473 e. The molecule has 0 aromatic heterocycles. The molecule has 0 radical (unpaired) electrons. The first-order valence-electron chi connectivity index (χ1n) is 11.7. The molecule has 2 amide bonds. The van der Waals surface area contributed by atoms with Crippen LogP contribution in [0.15, 0.2) is 77.7 Å². The Kier molecular flexibility index (Phi) is 7.97. The Bertz CT molecular complexity index is 1370. The number of alkyl halides is 2. The molecule has 9 nitrogen and oxygen atoms in total. The van der Waals surface area contributed by atoms with E-state index in [0.717, 1.165) is 11.1 Å². The van der Waals surface area contributed by atoms with Gasteiger partial charge in [0, 0.05) is 6.54 Å². The zero-order chi connectivity index (χ0) is 27.5. The van der Waals surface area contributed by atoms with E-state index >= 15 is 0 Å². The highest BCUT2D eigenvalue weighted by Gasteiger charge is 2.56. The summed E-state index contributed by atoms with van der Waals surface area (Å²) < 4.78 is 64.8. The van der Waals surface area contributed by atoms with Gasteiger partial charge in [-0.2, -0.15) is 17.2 Å². The summed E-state index contributed by atoms with van der Waals surface area (Å²) in [7, 11) is -2.83. The van der Waals surface area contributed by atoms with Gasteiger partial charge in [-0.05, 0) is 69.9 Å². The maximum absolute atomic E-state index is 13.5. The molecule has 0 saturated carbocycles. The maximum atomic E-state index is 13.5. The van der Waals surface area contributed by atoms with Crippen LogP contribution in [0.1, 0.15) is 22.7 Å². The lowest BCUT2D eigenvalue weighted by Crippen LogP contribution is -2.57. The van der Waals surface area contributed by atoms with Crippen LogP contribution in [-0.2, 0) is 20.8 Å². The molecule has 1 heterocycles. The molecule has 0 bridgehead atoms. The summed E-state index contributed by atoms with van der Waals surface area (Å²) in [4.78, 5) is 14.8. The number of halogens is 2. The van der Waals surface area contributed by atoms with Gasteiger partial charge in [0.15, 0.2) is 6.54 Å². The lowest BCUT2D eigenvalue weighted by molar-refractivity contribution is -1.02. The minimum absolute atomic E-state index is 0.0513. The molecular weight excluding hydrogens is 520 g/mol. The number of benzene rings is 3. The normalized spacial score (nSPS) is 19.7. The van der Waals surface area contributed by atoms with Crippen LogP contribution in [0.3, 0.4) is 0 Å². The number of aryl methyl sites for hydroxylation is 1. The van der Waals surface area contributed by atoms with Crippen molar-refractivity contribution in [2.45, 2.75) is 30.9 Å². The van der Waals surface area contributed by atoms with Crippen LogP contribution in [0, 0.1) is 6.92 Å². The second-order valence-electron chi connectivity index (χ2n) is 8.86. The van der Waals surface area contributed by atoms with Crippen LogP contribution in [0.25, 0.3) is 0 Å². The predicted octanol–water partition coefficient (Wildman–Crippen LogP) is 4.34. The summed E-state index contributed by atoms with van der Waals surface area (Å²) in [5.41, 5.74) is 2.31. The molecule has 202 valence electrons. The van der Waals surface area contributed by atoms with E-state index in [0.29, 0.717) is 17.7 Å². The van der Waals surface area contributed by atoms with E-state index in [9.17, 15) is 22.0 Å². The van der Waals surface area contributed by atoms with E-state index in [1.807, 2.05) is 12.1 Å². The van der Waals surface area contributed by atoms with E-state index in [1.54, 1.807) is 38.3 Å². The van der Waals surface area contributed by atoms with Crippen LogP contribution >= 0.6 is 0 Å². The zero-order valence-electron chi connectivity index (χ0n) is 20.8. The fourth-order valence-electron chi connectivity index (χ4n) is 4.22. The molecule has 1 aliphatic rings. The van der Waals surface area contributed by atoms with Gasteiger partial charge in [-0.1, -0.05) is 42.0 Å². The highest BCUT2D eigenvalue weighted by molar-refractivity contribution is 7.86. The number of hydrogen-bond donors (Lipinski definition) is 1. The first kappa shape index (κ1) is 27.5. The largest absolute Gasteiger partial charge is 0.497 e. The Morgan fingerprint density at radius 2 is 1.61 bits per heavy atom. The van der Waals surface area contributed by atoms with Crippen molar-refractivity contribution in [2.24, 2.45) is 5.84 Å². The number of hydroxylamine groups is 2. The Labute approximate surface area is 219 Å². The molecule has 2 atom stereocenters. The average Bonchev–Trinajstić information content (AvgIpc) is 3.12. The number of carbonyl (C=O) groups excluding carboxylic acids is 1. The second-order valence-corrected chi connectivity index (χ2v) is 10.4. The maximum Gasteiger partial charge on any atom is 0.473 e. The summed E-state index contributed by atoms with van der Waals surface area (Å²) in [5, 5.41) is 0. The van der Waals surface area contributed by atoms with Crippen LogP contribution in [0.5, 0.6) is 11.5 Å². The number of rotatable bonds is 10. The number of methoxy groups -OCH3 is 1. The summed E-state index contributed by atoms with van der Waals surface area (Å²) in [6.45, 7) is -1.22. The molecule has 12 heteroatoms. The highest BCUT2D eigenvalue weighted by atomic mass is 32.2. The molecule has 4 rings (SSSR count). The first-order valence-corrected chi connectivity index (χ1v) is 13.1. The molecule has 1 saturated heterocycles. The van der Waals surface area contributed by atoms with E-state index in [-0.39, 0.29) is 23.7 Å². The third-order valence-electron chi connectivity index (χ3n) is 6.22. The Balaban J connectivity index is 1.61. The van der Waals surface area contributed by atoms with Crippen LogP contribution in [-0.4, -0.2) is 50.9 Å². The van der Waals surface area contributed by atoms with Gasteiger partial charge in [0.05, 0.1) is 12.0 Å². The number of carbonyl (C=O) groups is 1. The Morgan fingerprint density at radius 1 is 1.00 bits per heavy atom. The lowest BCUT2D eigenvalue weighted by atomic mass is 10.1. The second kappa shape index (κ2) is 11.0. The molecule has 1 aliphatic heterocycles. The van der Waals surface area contributed by atoms with Crippen molar-refractivity contribution >= 4 is 16.1 Å². The van der Waals surface area contributed by atoms with E-state index in [1.165, 1.54) is 41.3 Å². The molecule has 1 fully saturated rings. The fourth-order valence-corrected chi connectivity index (χ4v) is 5.25. The minimum Gasteiger partial charge on any atom is -0.497 e. The van der Waals surface area contributed by atoms with Gasteiger partial charge in [-0.3, -0.25) is 4.90 Å². The third-order valence-corrected chi connectivity index (χ3v) is 7.53. The quantitative estimate of drug-likeness (QED) is 0.228. The standard InChI is InChI=1S/C26H28F2N3O6S/c1-18-3-13-23(14-4-18)38(33,34)37-31(29)17-24(20-7-11-22(12-8-20)36-25(27)28)30(26(31)32)16-15-19-5-9-21(35-2)10-6-19/h3-14,24-25H,15-17,29H2,1-2H3/q+1. The number of quaternary nitrogens is 1. The minimum atomic E-state index is -4.39. The predicted molar refractivity (Wildman–Crippen MR) is 133 cm³/mol. The average molecular weight is 549 g/mol. The van der Waals surface area contributed by atoms with Crippen molar-refractivity contribution in [3.8, 4) is 11.5 Å². The number of urea groups is 1. The van der Waals surface area contributed by atoms with E-state index in [2.05, 4.69) is 4.74 Å². The van der Waals surface area contributed by atoms with E-state index < -0.39 is 33.6 Å². The Hall–Kier alpha value is -3.58. The number of amides is 2. The topological polar surface area (TPSA) is 108 Å². The summed E-state index contributed by atoms with van der Waals surface area (Å²) >= 11 is 0. The lowest BCUT2D eigenvalue weighted by Gasteiger charge is -2.21. The van der Waals surface area contributed by atoms with Crippen molar-refractivity contribution < 1.29 is 40.5 Å². The zero-order valence-corrected chi connectivity index (χ0v) is 21.6. The monoisotopic (exact) mass is 548 g/mol. The van der Waals surface area contributed by atoms with Crippen molar-refractivity contribution in [1.29, 1.82) is 0 Å². The molecule has 0 spiro atoms. The number of nitrogens with two attached hydrogens (primary N) is 1. The van der Waals surface area contributed by atoms with Crippen LogP contribution < -0.4 is 15.3 Å². The third kappa shape index (κ3) is 6.10. The van der Waals surface area contributed by atoms with Crippen molar-refractivity contribution in [3.63, 3.8) is 0 Å². The van der Waals surface area contributed by atoms with E-state index in [4.69, 9.17) is 14.9 Å². The molecule has 2 N–H and O–H groups in total. The number of ether oxygens (including phenoxy) is 2. The number of nitrogens with zero attached hydrogens (tertiary/aromatic N) is 2. The fraction of sp³-hybridized carbons (Fsp3) is 0.269. The van der Waals surface area contributed by atoms with Crippen molar-refractivity contribution in [3.05, 3.63) is 89.5 Å². The van der Waals surface area contributed by atoms with Gasteiger partial charge < -0.3 is 9.47 Å². The molecular formula is C26H28F2N3O6S+.